The molecule has 0 amide bonds. The van der Waals surface area contributed by atoms with Crippen LogP contribution in [0.2, 0.25) is 0 Å². The Bertz CT molecular complexity index is 412. The summed E-state index contributed by atoms with van der Waals surface area (Å²) in [5.41, 5.74) is 0. The van der Waals surface area contributed by atoms with E-state index in [2.05, 4.69) is 15.3 Å². The largest absolute Gasteiger partial charge is 0.481 e. The Balaban J connectivity index is 2.54. The Morgan fingerprint density at radius 2 is 2.21 bits per heavy atom. The third-order valence-electron chi connectivity index (χ3n) is 2.24. The van der Waals surface area contributed by atoms with Crippen LogP contribution >= 0.6 is 0 Å². The predicted molar refractivity (Wildman–Crippen MR) is 69.3 cm³/mol. The zero-order valence-corrected chi connectivity index (χ0v) is 11.3. The van der Waals surface area contributed by atoms with E-state index in [9.17, 15) is 4.79 Å². The Labute approximate surface area is 112 Å². The van der Waals surface area contributed by atoms with E-state index in [0.29, 0.717) is 18.2 Å². The lowest BCUT2D eigenvalue weighted by Gasteiger charge is -2.15. The molecule has 0 aliphatic carbocycles. The van der Waals surface area contributed by atoms with Crippen molar-refractivity contribution >= 4 is 11.8 Å². The van der Waals surface area contributed by atoms with Gasteiger partial charge in [0.05, 0.1) is 18.6 Å². The number of hydrogen-bond acceptors (Lipinski definition) is 6. The Morgan fingerprint density at radius 3 is 2.79 bits per heavy atom. The molecule has 0 saturated carbocycles. The molecular weight excluding hydrogens is 250 g/mol. The summed E-state index contributed by atoms with van der Waals surface area (Å²) in [6.45, 7) is 4.16. The normalized spacial score (nSPS) is 12.2. The van der Waals surface area contributed by atoms with E-state index in [1.807, 2.05) is 13.8 Å². The Kier molecular flexibility index (Phi) is 6.01. The summed E-state index contributed by atoms with van der Waals surface area (Å²) < 4.78 is 10.5. The van der Waals surface area contributed by atoms with E-state index in [-0.39, 0.29) is 12.5 Å². The van der Waals surface area contributed by atoms with E-state index < -0.39 is 12.1 Å². The minimum Gasteiger partial charge on any atom is -0.481 e. The zero-order valence-electron chi connectivity index (χ0n) is 11.3. The number of anilines is 1. The molecule has 1 heterocycles. The molecule has 0 aliphatic heterocycles. The quantitative estimate of drug-likeness (QED) is 0.731. The maximum Gasteiger partial charge on any atom is 0.306 e. The molecule has 0 bridgehead atoms. The molecule has 0 aliphatic rings. The van der Waals surface area contributed by atoms with Gasteiger partial charge < -0.3 is 19.9 Å². The van der Waals surface area contributed by atoms with Crippen molar-refractivity contribution in [1.29, 1.82) is 0 Å². The van der Waals surface area contributed by atoms with Gasteiger partial charge in [0.1, 0.15) is 12.1 Å². The summed E-state index contributed by atoms with van der Waals surface area (Å²) in [6, 6.07) is 1.66. The average Bonchev–Trinajstić information content (AvgIpc) is 2.33. The number of carboxylic acids is 1. The molecule has 1 rings (SSSR count). The van der Waals surface area contributed by atoms with Crippen LogP contribution in [-0.2, 0) is 9.53 Å². The second-order valence-corrected chi connectivity index (χ2v) is 4.24. The fourth-order valence-corrected chi connectivity index (χ4v) is 1.39. The van der Waals surface area contributed by atoms with Crippen molar-refractivity contribution in [2.24, 2.45) is 0 Å². The first-order chi connectivity index (χ1) is 9.01. The van der Waals surface area contributed by atoms with Crippen LogP contribution in [0.4, 0.5) is 5.82 Å². The van der Waals surface area contributed by atoms with Gasteiger partial charge in [0.25, 0.3) is 0 Å². The Morgan fingerprint density at radius 1 is 1.47 bits per heavy atom. The van der Waals surface area contributed by atoms with Gasteiger partial charge in [-0.3, -0.25) is 4.79 Å². The fourth-order valence-electron chi connectivity index (χ4n) is 1.39. The summed E-state index contributed by atoms with van der Waals surface area (Å²) in [5, 5.41) is 11.7. The predicted octanol–water partition coefficient (Wildman–Crippen LogP) is 1.17. The first-order valence-corrected chi connectivity index (χ1v) is 5.98. The second-order valence-electron chi connectivity index (χ2n) is 4.24. The molecule has 1 aromatic rings. The van der Waals surface area contributed by atoms with Crippen LogP contribution in [-0.4, -0.2) is 46.9 Å². The van der Waals surface area contributed by atoms with E-state index in [0.717, 1.165) is 0 Å². The lowest BCUT2D eigenvalue weighted by atomic mass is 10.2. The zero-order chi connectivity index (χ0) is 14.3. The molecule has 0 spiro atoms. The molecular formula is C12H19N3O4. The lowest BCUT2D eigenvalue weighted by Crippen LogP contribution is -2.25. The molecule has 1 atom stereocenters. The van der Waals surface area contributed by atoms with Crippen molar-refractivity contribution in [3.8, 4) is 5.88 Å². The van der Waals surface area contributed by atoms with E-state index in [4.69, 9.17) is 14.6 Å². The summed E-state index contributed by atoms with van der Waals surface area (Å²) >= 11 is 0. The molecule has 2 N–H and O–H groups in total. The van der Waals surface area contributed by atoms with Crippen LogP contribution < -0.4 is 10.1 Å². The van der Waals surface area contributed by atoms with Crippen molar-refractivity contribution in [3.05, 3.63) is 12.4 Å². The van der Waals surface area contributed by atoms with Gasteiger partial charge in [-0.25, -0.2) is 9.97 Å². The monoisotopic (exact) mass is 269 g/mol. The second kappa shape index (κ2) is 7.52. The number of aliphatic carboxylic acids is 1. The lowest BCUT2D eigenvalue weighted by molar-refractivity contribution is -0.139. The maximum atomic E-state index is 10.6. The van der Waals surface area contributed by atoms with E-state index >= 15 is 0 Å². The van der Waals surface area contributed by atoms with E-state index in [1.165, 1.54) is 13.4 Å². The smallest absolute Gasteiger partial charge is 0.306 e. The summed E-state index contributed by atoms with van der Waals surface area (Å²) in [4.78, 5) is 18.6. The van der Waals surface area contributed by atoms with Gasteiger partial charge in [-0.15, -0.1) is 0 Å². The number of methoxy groups -OCH3 is 1. The molecule has 7 nitrogen and oxygen atoms in total. The van der Waals surface area contributed by atoms with Crippen molar-refractivity contribution in [3.63, 3.8) is 0 Å². The number of carboxylic acid groups (broad SMARTS) is 1. The highest BCUT2D eigenvalue weighted by molar-refractivity contribution is 5.67. The van der Waals surface area contributed by atoms with Gasteiger partial charge in [0.15, 0.2) is 0 Å². The topological polar surface area (TPSA) is 93.6 Å². The minimum absolute atomic E-state index is 0.0292. The first kappa shape index (κ1) is 15.2. The summed E-state index contributed by atoms with van der Waals surface area (Å²) in [6.07, 6.45) is 0.937. The van der Waals surface area contributed by atoms with Crippen LogP contribution in [0.5, 0.6) is 5.88 Å². The van der Waals surface area contributed by atoms with Gasteiger partial charge in [-0.1, -0.05) is 0 Å². The molecule has 0 fully saturated rings. The van der Waals surface area contributed by atoms with Gasteiger partial charge >= 0.3 is 5.97 Å². The van der Waals surface area contributed by atoms with Crippen LogP contribution in [0, 0.1) is 0 Å². The molecule has 7 heteroatoms. The fraction of sp³-hybridized carbons (Fsp3) is 0.583. The molecule has 1 unspecified atom stereocenters. The number of carbonyl (C=O) groups is 1. The SMILES string of the molecule is COC(CNc1cc(OC(C)C)ncn1)CC(=O)O. The standard InChI is InChI=1S/C12H19N3O4/c1-8(2)19-11-5-10(14-7-15-11)13-6-9(18-3)4-12(16)17/h5,7-9H,4,6H2,1-3H3,(H,16,17)(H,13,14,15). The van der Waals surface area contributed by atoms with Crippen molar-refractivity contribution < 1.29 is 19.4 Å². The number of rotatable bonds is 8. The van der Waals surface area contributed by atoms with Crippen LogP contribution in [0.25, 0.3) is 0 Å². The molecule has 1 aromatic heterocycles. The molecule has 106 valence electrons. The summed E-state index contributed by atoms with van der Waals surface area (Å²) in [7, 11) is 1.47. The highest BCUT2D eigenvalue weighted by atomic mass is 16.5. The van der Waals surface area contributed by atoms with Crippen molar-refractivity contribution in [2.45, 2.75) is 32.5 Å². The molecule has 19 heavy (non-hydrogen) atoms. The van der Waals surface area contributed by atoms with Crippen LogP contribution in [0.1, 0.15) is 20.3 Å². The maximum absolute atomic E-state index is 10.6. The number of hydrogen-bond donors (Lipinski definition) is 2. The van der Waals surface area contributed by atoms with Crippen LogP contribution in [0.3, 0.4) is 0 Å². The number of aromatic nitrogens is 2. The highest BCUT2D eigenvalue weighted by Gasteiger charge is 2.12. The Hall–Kier alpha value is -1.89. The number of nitrogens with zero attached hydrogens (tertiary/aromatic N) is 2. The molecule has 0 aromatic carbocycles. The number of ether oxygens (including phenoxy) is 2. The van der Waals surface area contributed by atoms with Crippen molar-refractivity contribution in [2.75, 3.05) is 19.0 Å². The van der Waals surface area contributed by atoms with Gasteiger partial charge in [0, 0.05) is 19.7 Å². The van der Waals surface area contributed by atoms with Gasteiger partial charge in [-0.05, 0) is 13.8 Å². The minimum atomic E-state index is -0.903. The summed E-state index contributed by atoms with van der Waals surface area (Å²) in [5.74, 6) is 0.137. The first-order valence-electron chi connectivity index (χ1n) is 5.98. The van der Waals surface area contributed by atoms with Crippen molar-refractivity contribution in [1.82, 2.24) is 9.97 Å². The van der Waals surface area contributed by atoms with Crippen LogP contribution in [0.15, 0.2) is 12.4 Å². The average molecular weight is 269 g/mol. The van der Waals surface area contributed by atoms with Gasteiger partial charge in [0.2, 0.25) is 5.88 Å². The third-order valence-corrected chi connectivity index (χ3v) is 2.24. The molecule has 0 radical (unpaired) electrons. The van der Waals surface area contributed by atoms with E-state index in [1.54, 1.807) is 6.07 Å². The highest BCUT2D eigenvalue weighted by Crippen LogP contribution is 2.12. The molecule has 0 saturated heterocycles. The van der Waals surface area contributed by atoms with Gasteiger partial charge in [-0.2, -0.15) is 0 Å². The third kappa shape index (κ3) is 6.01. The number of nitrogens with one attached hydrogen (secondary N) is 1.